The molecular weight excluding hydrogens is 402 g/mol. The summed E-state index contributed by atoms with van der Waals surface area (Å²) in [5, 5.41) is 8.86. The molecule has 0 aliphatic carbocycles. The van der Waals surface area contributed by atoms with Crippen LogP contribution in [0.15, 0.2) is 41.9 Å². The zero-order valence-corrected chi connectivity index (χ0v) is 17.2. The minimum absolute atomic E-state index is 0.385. The van der Waals surface area contributed by atoms with Crippen molar-refractivity contribution in [2.45, 2.75) is 11.5 Å². The summed E-state index contributed by atoms with van der Waals surface area (Å²) in [4.78, 5) is 10.7. The van der Waals surface area contributed by atoms with Crippen molar-refractivity contribution in [2.75, 3.05) is 32.8 Å². The summed E-state index contributed by atoms with van der Waals surface area (Å²) in [7, 11) is 0. The van der Waals surface area contributed by atoms with Crippen molar-refractivity contribution in [1.82, 2.24) is 30.1 Å². The minimum atomic E-state index is -0.974. The fraction of sp³-hybridized carbons (Fsp3) is 0.368. The van der Waals surface area contributed by atoms with E-state index in [1.807, 2.05) is 41.5 Å². The lowest BCUT2D eigenvalue weighted by atomic mass is 10.1. The van der Waals surface area contributed by atoms with Gasteiger partial charge >= 0.3 is 0 Å². The fourth-order valence-electron chi connectivity index (χ4n) is 3.53. The van der Waals surface area contributed by atoms with Crippen LogP contribution < -0.4 is 16.9 Å². The molecule has 0 spiro atoms. The van der Waals surface area contributed by atoms with Crippen molar-refractivity contribution in [3.8, 4) is 11.1 Å². The van der Waals surface area contributed by atoms with Gasteiger partial charge in [0, 0.05) is 43.2 Å². The Labute approximate surface area is 177 Å². The fourth-order valence-corrected chi connectivity index (χ4v) is 4.26. The van der Waals surface area contributed by atoms with Crippen LogP contribution in [0, 0.1) is 0 Å². The summed E-state index contributed by atoms with van der Waals surface area (Å²) in [5.74, 6) is 0. The first kappa shape index (κ1) is 19.2. The number of pyridine rings is 2. The van der Waals surface area contributed by atoms with Crippen molar-refractivity contribution in [2.24, 2.45) is 16.6 Å². The molecule has 3 aromatic rings. The van der Waals surface area contributed by atoms with E-state index in [9.17, 15) is 0 Å². The standard InChI is InChI=1S/C19H23N9OS/c20-18-25-26-19(21,30-18)17-2-1-15-16(24-17)9-13(10-22-15)14-11-23-28(12-14)4-3-27-5-7-29-8-6-27/h1-2,9-12,26H,3-8,21H2,(H2,20,25). The van der Waals surface area contributed by atoms with Crippen LogP contribution in [0.2, 0.25) is 0 Å². The number of hydrazone groups is 1. The van der Waals surface area contributed by atoms with E-state index in [2.05, 4.69) is 25.5 Å². The number of amidine groups is 1. The van der Waals surface area contributed by atoms with E-state index >= 15 is 0 Å². The quantitative estimate of drug-likeness (QED) is 0.533. The minimum Gasteiger partial charge on any atom is -0.379 e. The van der Waals surface area contributed by atoms with Crippen LogP contribution in [0.3, 0.4) is 0 Å². The number of nitrogens with zero attached hydrogens (tertiary/aromatic N) is 6. The van der Waals surface area contributed by atoms with E-state index in [-0.39, 0.29) is 0 Å². The van der Waals surface area contributed by atoms with Gasteiger partial charge in [0.25, 0.3) is 0 Å². The van der Waals surface area contributed by atoms with Crippen LogP contribution in [-0.2, 0) is 16.3 Å². The lowest BCUT2D eigenvalue weighted by Gasteiger charge is -2.26. The molecule has 30 heavy (non-hydrogen) atoms. The molecule has 0 bridgehead atoms. The summed E-state index contributed by atoms with van der Waals surface area (Å²) < 4.78 is 7.36. The molecule has 2 aliphatic rings. The van der Waals surface area contributed by atoms with Gasteiger partial charge in [-0.25, -0.2) is 4.98 Å². The molecule has 3 aromatic heterocycles. The third-order valence-electron chi connectivity index (χ3n) is 5.23. The molecule has 0 saturated carbocycles. The van der Waals surface area contributed by atoms with Gasteiger partial charge in [0.15, 0.2) is 5.17 Å². The highest BCUT2D eigenvalue weighted by molar-refractivity contribution is 8.14. The molecule has 5 N–H and O–H groups in total. The molecule has 1 saturated heterocycles. The summed E-state index contributed by atoms with van der Waals surface area (Å²) in [6.07, 6.45) is 5.74. The first-order chi connectivity index (χ1) is 14.6. The Morgan fingerprint density at radius 1 is 1.13 bits per heavy atom. The average Bonchev–Trinajstić information content (AvgIpc) is 3.39. The highest BCUT2D eigenvalue weighted by Crippen LogP contribution is 2.32. The van der Waals surface area contributed by atoms with E-state index in [0.29, 0.717) is 10.9 Å². The number of nitrogens with two attached hydrogens (primary N) is 2. The van der Waals surface area contributed by atoms with E-state index in [1.165, 1.54) is 11.8 Å². The van der Waals surface area contributed by atoms with Crippen LogP contribution in [0.25, 0.3) is 22.2 Å². The van der Waals surface area contributed by atoms with Gasteiger partial charge in [0.2, 0.25) is 4.99 Å². The normalized spacial score (nSPS) is 22.2. The molecule has 0 amide bonds. The predicted molar refractivity (Wildman–Crippen MR) is 116 cm³/mol. The topological polar surface area (TPSA) is 132 Å². The second-order valence-corrected chi connectivity index (χ2v) is 8.57. The van der Waals surface area contributed by atoms with Crippen molar-refractivity contribution in [1.29, 1.82) is 0 Å². The third-order valence-corrected chi connectivity index (χ3v) is 6.15. The van der Waals surface area contributed by atoms with Gasteiger partial charge in [-0.15, -0.1) is 0 Å². The zero-order valence-electron chi connectivity index (χ0n) is 16.4. The highest BCUT2D eigenvalue weighted by Gasteiger charge is 2.35. The maximum atomic E-state index is 6.36. The van der Waals surface area contributed by atoms with E-state index < -0.39 is 4.99 Å². The number of hydrogen-bond donors (Lipinski definition) is 3. The number of rotatable bonds is 5. The van der Waals surface area contributed by atoms with Crippen molar-refractivity contribution < 1.29 is 4.74 Å². The summed E-state index contributed by atoms with van der Waals surface area (Å²) >= 11 is 1.24. The van der Waals surface area contributed by atoms with Crippen molar-refractivity contribution in [3.63, 3.8) is 0 Å². The van der Waals surface area contributed by atoms with E-state index in [0.717, 1.165) is 61.6 Å². The lowest BCUT2D eigenvalue weighted by Crippen LogP contribution is -2.43. The Hall–Kier alpha value is -2.73. The Morgan fingerprint density at radius 2 is 2.00 bits per heavy atom. The molecule has 11 heteroatoms. The van der Waals surface area contributed by atoms with Crippen molar-refractivity contribution in [3.05, 3.63) is 42.5 Å². The Balaban J connectivity index is 1.35. The van der Waals surface area contributed by atoms with Gasteiger partial charge in [-0.2, -0.15) is 10.2 Å². The number of thioether (sulfide) groups is 1. The monoisotopic (exact) mass is 425 g/mol. The molecule has 10 nitrogen and oxygen atoms in total. The highest BCUT2D eigenvalue weighted by atomic mass is 32.2. The molecule has 0 radical (unpaired) electrons. The number of ether oxygens (including phenoxy) is 1. The maximum absolute atomic E-state index is 6.36. The van der Waals surface area contributed by atoms with Gasteiger partial charge < -0.3 is 10.5 Å². The molecule has 1 atom stereocenters. The van der Waals surface area contributed by atoms with Crippen molar-refractivity contribution >= 4 is 28.0 Å². The van der Waals surface area contributed by atoms with Crippen LogP contribution in [-0.4, -0.2) is 62.7 Å². The summed E-state index contributed by atoms with van der Waals surface area (Å²) in [6.45, 7) is 5.35. The number of morpholine rings is 1. The first-order valence-corrected chi connectivity index (χ1v) is 10.6. The Kier molecular flexibility index (Phi) is 5.03. The van der Waals surface area contributed by atoms with Gasteiger partial charge in [-0.3, -0.25) is 25.7 Å². The second-order valence-electron chi connectivity index (χ2n) is 7.30. The summed E-state index contributed by atoms with van der Waals surface area (Å²) in [6, 6.07) is 5.74. The second kappa shape index (κ2) is 7.84. The van der Waals surface area contributed by atoms with Crippen LogP contribution in [0.4, 0.5) is 0 Å². The summed E-state index contributed by atoms with van der Waals surface area (Å²) in [5.41, 5.74) is 19.1. The third kappa shape index (κ3) is 3.84. The Bertz CT molecular complexity index is 1090. The van der Waals surface area contributed by atoms with Gasteiger partial charge in [-0.05, 0) is 30.0 Å². The maximum Gasteiger partial charge on any atom is 0.200 e. The largest absolute Gasteiger partial charge is 0.379 e. The van der Waals surface area contributed by atoms with Gasteiger partial charge in [0.05, 0.1) is 42.7 Å². The molecule has 1 fully saturated rings. The first-order valence-electron chi connectivity index (χ1n) is 9.77. The van der Waals surface area contributed by atoms with Crippen LogP contribution in [0.1, 0.15) is 5.69 Å². The molecule has 2 aliphatic heterocycles. The van der Waals surface area contributed by atoms with E-state index in [1.54, 1.807) is 0 Å². The average molecular weight is 426 g/mol. The molecule has 1 unspecified atom stereocenters. The zero-order chi connectivity index (χ0) is 20.6. The molecule has 5 heterocycles. The Morgan fingerprint density at radius 3 is 2.80 bits per heavy atom. The number of fused-ring (bicyclic) bond motifs is 1. The van der Waals surface area contributed by atoms with Crippen LogP contribution >= 0.6 is 11.8 Å². The molecular formula is C19H23N9OS. The number of aromatic nitrogens is 4. The number of hydrogen-bond acceptors (Lipinski definition) is 10. The molecule has 5 rings (SSSR count). The lowest BCUT2D eigenvalue weighted by molar-refractivity contribution is 0.0360. The van der Waals surface area contributed by atoms with E-state index in [4.69, 9.17) is 21.2 Å². The van der Waals surface area contributed by atoms with Crippen LogP contribution in [0.5, 0.6) is 0 Å². The smallest absolute Gasteiger partial charge is 0.200 e. The SMILES string of the molecule is NC1=NNC(N)(c2ccc3ncc(-c4cnn(CCN5CCOCC5)c4)cc3n2)S1. The van der Waals surface area contributed by atoms with Gasteiger partial charge in [0.1, 0.15) is 0 Å². The predicted octanol–water partition coefficient (Wildman–Crippen LogP) is 0.461. The number of nitrogens with one attached hydrogen (secondary N) is 1. The molecule has 156 valence electrons. The molecule has 0 aromatic carbocycles. The van der Waals surface area contributed by atoms with Gasteiger partial charge in [-0.1, -0.05) is 0 Å².